The van der Waals surface area contributed by atoms with E-state index < -0.39 is 0 Å². The average Bonchev–Trinajstić information content (AvgIpc) is 2.39. The van der Waals surface area contributed by atoms with E-state index in [4.69, 9.17) is 4.84 Å². The Morgan fingerprint density at radius 1 is 1.38 bits per heavy atom. The maximum Gasteiger partial charge on any atom is 0.279 e. The Morgan fingerprint density at radius 2 is 2.19 bits per heavy atom. The van der Waals surface area contributed by atoms with Gasteiger partial charge in [0.25, 0.3) is 5.91 Å². The predicted molar refractivity (Wildman–Crippen MR) is 62.2 cm³/mol. The normalized spacial score (nSPS) is 15.9. The number of carbonyl (C=O) groups excluding carboxylic acids is 1. The van der Waals surface area contributed by atoms with Gasteiger partial charge in [-0.15, -0.1) is 0 Å². The zero-order valence-electron chi connectivity index (χ0n) is 9.40. The third kappa shape index (κ3) is 2.17. The Morgan fingerprint density at radius 3 is 2.88 bits per heavy atom. The SMILES string of the molecule is CNc1ccccc1C(=O)N1CCCCO1. The summed E-state index contributed by atoms with van der Waals surface area (Å²) in [5.74, 6) is -0.0651. The molecule has 0 atom stereocenters. The molecule has 1 N–H and O–H groups in total. The van der Waals surface area contributed by atoms with E-state index in [1.54, 1.807) is 0 Å². The van der Waals surface area contributed by atoms with Crippen LogP contribution in [0.2, 0.25) is 0 Å². The predicted octanol–water partition coefficient (Wildman–Crippen LogP) is 1.90. The fourth-order valence-electron chi connectivity index (χ4n) is 1.78. The third-order valence-electron chi connectivity index (χ3n) is 2.66. The molecule has 0 aromatic heterocycles. The molecule has 1 aliphatic heterocycles. The fraction of sp³-hybridized carbons (Fsp3) is 0.417. The lowest BCUT2D eigenvalue weighted by atomic mass is 10.1. The molecule has 0 spiro atoms. The maximum absolute atomic E-state index is 12.1. The monoisotopic (exact) mass is 220 g/mol. The fourth-order valence-corrected chi connectivity index (χ4v) is 1.78. The van der Waals surface area contributed by atoms with Crippen molar-refractivity contribution in [3.05, 3.63) is 29.8 Å². The molecule has 1 saturated heterocycles. The molecule has 0 radical (unpaired) electrons. The molecule has 0 aliphatic carbocycles. The van der Waals surface area contributed by atoms with Gasteiger partial charge in [0.2, 0.25) is 0 Å². The highest BCUT2D eigenvalue weighted by Crippen LogP contribution is 2.18. The summed E-state index contributed by atoms with van der Waals surface area (Å²) in [6.07, 6.45) is 2.03. The summed E-state index contributed by atoms with van der Waals surface area (Å²) in [6.45, 7) is 1.31. The molecule has 0 saturated carbocycles. The lowest BCUT2D eigenvalue weighted by Gasteiger charge is -2.26. The number of para-hydroxylation sites is 1. The Bertz CT molecular complexity index is 373. The molecule has 2 rings (SSSR count). The van der Waals surface area contributed by atoms with E-state index in [0.29, 0.717) is 18.7 Å². The van der Waals surface area contributed by atoms with Crippen molar-refractivity contribution in [3.8, 4) is 0 Å². The lowest BCUT2D eigenvalue weighted by Crippen LogP contribution is -2.36. The zero-order valence-corrected chi connectivity index (χ0v) is 9.40. The minimum atomic E-state index is -0.0651. The van der Waals surface area contributed by atoms with Crippen LogP contribution < -0.4 is 5.32 Å². The molecule has 1 aromatic carbocycles. The quantitative estimate of drug-likeness (QED) is 0.827. The van der Waals surface area contributed by atoms with Crippen LogP contribution in [0.1, 0.15) is 23.2 Å². The molecule has 0 bridgehead atoms. The number of hydroxylamine groups is 2. The summed E-state index contributed by atoms with van der Waals surface area (Å²) in [5.41, 5.74) is 1.49. The van der Waals surface area contributed by atoms with E-state index in [1.165, 1.54) is 5.06 Å². The van der Waals surface area contributed by atoms with Crippen LogP contribution in [0.5, 0.6) is 0 Å². The first-order valence-corrected chi connectivity index (χ1v) is 5.54. The largest absolute Gasteiger partial charge is 0.387 e. The van der Waals surface area contributed by atoms with Gasteiger partial charge in [-0.05, 0) is 25.0 Å². The molecule has 1 aliphatic rings. The van der Waals surface area contributed by atoms with Gasteiger partial charge >= 0.3 is 0 Å². The van der Waals surface area contributed by atoms with Gasteiger partial charge < -0.3 is 5.32 Å². The molecule has 16 heavy (non-hydrogen) atoms. The Balaban J connectivity index is 2.19. The second-order valence-corrected chi connectivity index (χ2v) is 3.74. The number of nitrogens with one attached hydrogen (secondary N) is 1. The van der Waals surface area contributed by atoms with Crippen molar-refractivity contribution >= 4 is 11.6 Å². The van der Waals surface area contributed by atoms with Gasteiger partial charge in [0.1, 0.15) is 0 Å². The number of hydrogen-bond donors (Lipinski definition) is 1. The number of carbonyl (C=O) groups is 1. The first-order chi connectivity index (χ1) is 7.83. The molecule has 0 unspecified atom stereocenters. The van der Waals surface area contributed by atoms with Crippen LogP contribution in [0.25, 0.3) is 0 Å². The second-order valence-electron chi connectivity index (χ2n) is 3.74. The number of nitrogens with zero attached hydrogens (tertiary/aromatic N) is 1. The van der Waals surface area contributed by atoms with Crippen LogP contribution in [0.3, 0.4) is 0 Å². The van der Waals surface area contributed by atoms with Crippen LogP contribution in [-0.4, -0.2) is 31.2 Å². The number of hydrogen-bond acceptors (Lipinski definition) is 3. The molecule has 4 nitrogen and oxygen atoms in total. The average molecular weight is 220 g/mol. The first kappa shape index (κ1) is 11.0. The number of amides is 1. The smallest absolute Gasteiger partial charge is 0.279 e. The van der Waals surface area contributed by atoms with E-state index in [9.17, 15) is 4.79 Å². The molecular formula is C12H16N2O2. The van der Waals surface area contributed by atoms with Crippen LogP contribution in [0.4, 0.5) is 5.69 Å². The highest BCUT2D eigenvalue weighted by atomic mass is 16.7. The van der Waals surface area contributed by atoms with Gasteiger partial charge in [0.15, 0.2) is 0 Å². The highest BCUT2D eigenvalue weighted by Gasteiger charge is 2.21. The Hall–Kier alpha value is -1.55. The molecule has 1 aromatic rings. The van der Waals surface area contributed by atoms with Gasteiger partial charge in [-0.1, -0.05) is 12.1 Å². The molecular weight excluding hydrogens is 204 g/mol. The van der Waals surface area contributed by atoms with Crippen LogP contribution in [-0.2, 0) is 4.84 Å². The third-order valence-corrected chi connectivity index (χ3v) is 2.66. The summed E-state index contributed by atoms with van der Waals surface area (Å²) >= 11 is 0. The van der Waals surface area contributed by atoms with Gasteiger partial charge in [-0.2, -0.15) is 0 Å². The summed E-state index contributed by atoms with van der Waals surface area (Å²) in [4.78, 5) is 17.5. The van der Waals surface area contributed by atoms with Gasteiger partial charge in [0.05, 0.1) is 12.2 Å². The van der Waals surface area contributed by atoms with Crippen molar-refractivity contribution in [2.75, 3.05) is 25.5 Å². The van der Waals surface area contributed by atoms with Crippen molar-refractivity contribution in [1.82, 2.24) is 5.06 Å². The van der Waals surface area contributed by atoms with E-state index >= 15 is 0 Å². The number of anilines is 1. The van der Waals surface area contributed by atoms with Crippen molar-refractivity contribution in [1.29, 1.82) is 0 Å². The van der Waals surface area contributed by atoms with Crippen LogP contribution >= 0.6 is 0 Å². The van der Waals surface area contributed by atoms with Crippen molar-refractivity contribution in [2.45, 2.75) is 12.8 Å². The molecule has 1 fully saturated rings. The van der Waals surface area contributed by atoms with Crippen molar-refractivity contribution in [3.63, 3.8) is 0 Å². The topological polar surface area (TPSA) is 41.6 Å². The first-order valence-electron chi connectivity index (χ1n) is 5.54. The maximum atomic E-state index is 12.1. The van der Waals surface area contributed by atoms with Crippen LogP contribution in [0, 0.1) is 0 Å². The van der Waals surface area contributed by atoms with E-state index in [2.05, 4.69) is 5.32 Å². The summed E-state index contributed by atoms with van der Waals surface area (Å²) in [6, 6.07) is 7.46. The minimum Gasteiger partial charge on any atom is -0.387 e. The number of benzene rings is 1. The zero-order chi connectivity index (χ0) is 11.4. The lowest BCUT2D eigenvalue weighted by molar-refractivity contribution is -0.144. The highest BCUT2D eigenvalue weighted by molar-refractivity contribution is 5.99. The summed E-state index contributed by atoms with van der Waals surface area (Å²) < 4.78 is 0. The Kier molecular flexibility index (Phi) is 3.41. The molecule has 4 heteroatoms. The van der Waals surface area contributed by atoms with E-state index in [-0.39, 0.29) is 5.91 Å². The van der Waals surface area contributed by atoms with Crippen LogP contribution in [0.15, 0.2) is 24.3 Å². The summed E-state index contributed by atoms with van der Waals surface area (Å²) in [5, 5.41) is 4.47. The molecule has 1 amide bonds. The second kappa shape index (κ2) is 4.99. The van der Waals surface area contributed by atoms with Gasteiger partial charge in [-0.3, -0.25) is 9.63 Å². The van der Waals surface area contributed by atoms with Gasteiger partial charge in [0, 0.05) is 19.3 Å². The van der Waals surface area contributed by atoms with E-state index in [0.717, 1.165) is 18.5 Å². The number of rotatable bonds is 2. The standard InChI is InChI=1S/C12H16N2O2/c1-13-11-7-3-2-6-10(11)12(15)14-8-4-5-9-16-14/h2-3,6-7,13H,4-5,8-9H2,1H3. The van der Waals surface area contributed by atoms with Gasteiger partial charge in [-0.25, -0.2) is 5.06 Å². The van der Waals surface area contributed by atoms with E-state index in [1.807, 2.05) is 31.3 Å². The molecule has 86 valence electrons. The minimum absolute atomic E-state index is 0.0651. The van der Waals surface area contributed by atoms with Crippen molar-refractivity contribution in [2.24, 2.45) is 0 Å². The molecule has 1 heterocycles. The Labute approximate surface area is 95.2 Å². The van der Waals surface area contributed by atoms with Crippen molar-refractivity contribution < 1.29 is 9.63 Å². The summed E-state index contributed by atoms with van der Waals surface area (Å²) in [7, 11) is 1.81.